The van der Waals surface area contributed by atoms with Gasteiger partial charge in [-0.3, -0.25) is 9.13 Å². The predicted molar refractivity (Wildman–Crippen MR) is 131 cm³/mol. The second-order valence-electron chi connectivity index (χ2n) is 7.94. The number of nitrogens with zero attached hydrogens (tertiary/aromatic N) is 4. The van der Waals surface area contributed by atoms with E-state index in [1.165, 1.54) is 21.5 Å². The smallest absolute Gasteiger partial charge is 0.137 e. The quantitative estimate of drug-likeness (QED) is 0.319. The molecule has 0 N–H and O–H groups in total. The van der Waals surface area contributed by atoms with Crippen LogP contribution in [0.1, 0.15) is 0 Å². The topological polar surface area (TPSA) is 35.6 Å². The molecule has 150 valence electrons. The maximum Gasteiger partial charge on any atom is 0.137 e. The van der Waals surface area contributed by atoms with Crippen LogP contribution in [0, 0.1) is 0 Å². The molecule has 3 aromatic carbocycles. The fourth-order valence-corrected chi connectivity index (χ4v) is 4.95. The highest BCUT2D eigenvalue weighted by Gasteiger charge is 2.21. The number of hydrogen-bond acceptors (Lipinski definition) is 2. The molecule has 32 heavy (non-hydrogen) atoms. The molecule has 0 aliphatic heterocycles. The van der Waals surface area contributed by atoms with Gasteiger partial charge in [0.2, 0.25) is 0 Å². The Kier molecular flexibility index (Phi) is 3.52. The van der Waals surface area contributed by atoms with Crippen LogP contribution in [-0.4, -0.2) is 19.1 Å². The molecule has 0 saturated heterocycles. The summed E-state index contributed by atoms with van der Waals surface area (Å²) in [7, 11) is 0. The van der Waals surface area contributed by atoms with Crippen LogP contribution in [0.5, 0.6) is 0 Å². The molecule has 4 heteroatoms. The van der Waals surface area contributed by atoms with E-state index in [1.807, 2.05) is 36.7 Å². The fraction of sp³-hybridized carbons (Fsp3) is 0. The van der Waals surface area contributed by atoms with E-state index in [-0.39, 0.29) is 0 Å². The number of fused-ring (bicyclic) bond motifs is 7. The molecule has 0 saturated carbocycles. The van der Waals surface area contributed by atoms with Gasteiger partial charge in [-0.25, -0.2) is 9.97 Å². The zero-order chi connectivity index (χ0) is 21.1. The molecule has 0 amide bonds. The van der Waals surface area contributed by atoms with Crippen molar-refractivity contribution in [1.82, 2.24) is 19.1 Å². The molecule has 0 radical (unpaired) electrons. The number of benzene rings is 3. The Morgan fingerprint density at radius 2 is 0.844 bits per heavy atom. The number of pyridine rings is 2. The van der Waals surface area contributed by atoms with Crippen LogP contribution in [0.4, 0.5) is 0 Å². The van der Waals surface area contributed by atoms with Crippen molar-refractivity contribution >= 4 is 43.6 Å². The minimum Gasteiger partial charge on any atom is -0.292 e. The summed E-state index contributed by atoms with van der Waals surface area (Å²) >= 11 is 0. The summed E-state index contributed by atoms with van der Waals surface area (Å²) in [6, 6.07) is 33.7. The fourth-order valence-electron chi connectivity index (χ4n) is 4.95. The number of para-hydroxylation sites is 2. The summed E-state index contributed by atoms with van der Waals surface area (Å²) in [6.07, 6.45) is 3.70. The largest absolute Gasteiger partial charge is 0.292 e. The maximum atomic E-state index is 4.72. The highest BCUT2D eigenvalue weighted by Crippen LogP contribution is 2.40. The Morgan fingerprint density at radius 1 is 0.406 bits per heavy atom. The van der Waals surface area contributed by atoms with E-state index in [9.17, 15) is 0 Å². The molecule has 0 unspecified atom stereocenters. The number of rotatable bonds is 2. The van der Waals surface area contributed by atoms with Crippen LogP contribution in [0.3, 0.4) is 0 Å². The van der Waals surface area contributed by atoms with Gasteiger partial charge in [-0.05, 0) is 36.4 Å². The normalized spacial score (nSPS) is 11.8. The van der Waals surface area contributed by atoms with E-state index in [0.29, 0.717) is 0 Å². The minimum absolute atomic E-state index is 0.907. The first kappa shape index (κ1) is 17.3. The van der Waals surface area contributed by atoms with Crippen molar-refractivity contribution in [2.75, 3.05) is 0 Å². The first-order valence-corrected chi connectivity index (χ1v) is 10.7. The first-order chi connectivity index (χ1) is 15.9. The molecule has 7 rings (SSSR count). The van der Waals surface area contributed by atoms with Crippen LogP contribution < -0.4 is 0 Å². The van der Waals surface area contributed by atoms with Crippen molar-refractivity contribution in [2.24, 2.45) is 0 Å². The summed E-state index contributed by atoms with van der Waals surface area (Å²) < 4.78 is 4.57. The van der Waals surface area contributed by atoms with Crippen molar-refractivity contribution in [3.8, 4) is 11.6 Å². The van der Waals surface area contributed by atoms with Crippen molar-refractivity contribution < 1.29 is 0 Å². The maximum absolute atomic E-state index is 4.72. The zero-order valence-corrected chi connectivity index (χ0v) is 17.2. The van der Waals surface area contributed by atoms with Crippen LogP contribution >= 0.6 is 0 Å². The van der Waals surface area contributed by atoms with Gasteiger partial charge >= 0.3 is 0 Å². The van der Waals surface area contributed by atoms with Crippen LogP contribution in [-0.2, 0) is 0 Å². The van der Waals surface area contributed by atoms with Gasteiger partial charge in [0.25, 0.3) is 0 Å². The van der Waals surface area contributed by atoms with Crippen molar-refractivity contribution in [3.63, 3.8) is 0 Å². The number of hydrogen-bond donors (Lipinski definition) is 0. The Bertz CT molecular complexity index is 1630. The average molecular weight is 410 g/mol. The highest BCUT2D eigenvalue weighted by molar-refractivity contribution is 6.23. The third kappa shape index (κ3) is 2.26. The molecule has 4 nitrogen and oxygen atoms in total. The van der Waals surface area contributed by atoms with Gasteiger partial charge in [0.1, 0.15) is 11.6 Å². The summed E-state index contributed by atoms with van der Waals surface area (Å²) in [6.45, 7) is 0. The molecule has 0 bridgehead atoms. The monoisotopic (exact) mass is 410 g/mol. The van der Waals surface area contributed by atoms with Crippen molar-refractivity contribution in [1.29, 1.82) is 0 Å². The molecule has 0 spiro atoms. The van der Waals surface area contributed by atoms with E-state index < -0.39 is 0 Å². The summed E-state index contributed by atoms with van der Waals surface area (Å²) in [5.74, 6) is 1.81. The van der Waals surface area contributed by atoms with Gasteiger partial charge < -0.3 is 0 Å². The third-order valence-corrected chi connectivity index (χ3v) is 6.23. The lowest BCUT2D eigenvalue weighted by molar-refractivity contribution is 1.06. The van der Waals surface area contributed by atoms with Gasteiger partial charge in [-0.2, -0.15) is 0 Å². The molecule has 0 fully saturated rings. The van der Waals surface area contributed by atoms with Gasteiger partial charge in [0.15, 0.2) is 0 Å². The van der Waals surface area contributed by atoms with E-state index in [1.54, 1.807) is 0 Å². The Balaban J connectivity index is 1.81. The third-order valence-electron chi connectivity index (χ3n) is 6.23. The molecular formula is C28H18N4. The Morgan fingerprint density at radius 3 is 1.28 bits per heavy atom. The lowest BCUT2D eigenvalue weighted by Crippen LogP contribution is -2.01. The lowest BCUT2D eigenvalue weighted by atomic mass is 10.1. The zero-order valence-electron chi connectivity index (χ0n) is 17.2. The summed E-state index contributed by atoms with van der Waals surface area (Å²) in [5.41, 5.74) is 4.58. The van der Waals surface area contributed by atoms with Crippen molar-refractivity contribution in [3.05, 3.63) is 109 Å². The Labute approximate surface area is 184 Å². The number of aromatic nitrogens is 4. The van der Waals surface area contributed by atoms with Crippen LogP contribution in [0.15, 0.2) is 109 Å². The molecule has 4 aromatic heterocycles. The van der Waals surface area contributed by atoms with Gasteiger partial charge in [0.05, 0.1) is 22.1 Å². The minimum atomic E-state index is 0.907. The molecule has 7 aromatic rings. The summed E-state index contributed by atoms with van der Waals surface area (Å²) in [4.78, 5) is 9.45. The van der Waals surface area contributed by atoms with Crippen LogP contribution in [0.25, 0.3) is 55.2 Å². The van der Waals surface area contributed by atoms with E-state index in [0.717, 1.165) is 33.7 Å². The van der Waals surface area contributed by atoms with E-state index >= 15 is 0 Å². The average Bonchev–Trinajstić information content (AvgIpc) is 3.38. The molecule has 0 aliphatic carbocycles. The second kappa shape index (κ2) is 6.53. The lowest BCUT2D eigenvalue weighted by Gasteiger charge is -2.11. The van der Waals surface area contributed by atoms with Crippen molar-refractivity contribution in [2.45, 2.75) is 0 Å². The van der Waals surface area contributed by atoms with Gasteiger partial charge in [-0.15, -0.1) is 0 Å². The Hall–Kier alpha value is -4.44. The van der Waals surface area contributed by atoms with E-state index in [2.05, 4.69) is 81.9 Å². The van der Waals surface area contributed by atoms with Crippen LogP contribution in [0.2, 0.25) is 0 Å². The molecule has 0 aliphatic rings. The SMILES string of the molecule is c1ccc(-n2c3ccccc3c3ccc4c5ccccc5n(-c5ccccn5)c4c32)nc1. The second-order valence-corrected chi connectivity index (χ2v) is 7.94. The molecule has 4 heterocycles. The first-order valence-electron chi connectivity index (χ1n) is 10.7. The van der Waals surface area contributed by atoms with Gasteiger partial charge in [-0.1, -0.05) is 60.7 Å². The summed E-state index contributed by atoms with van der Waals surface area (Å²) in [5, 5.41) is 4.85. The van der Waals surface area contributed by atoms with E-state index in [4.69, 9.17) is 9.97 Å². The molecule has 0 atom stereocenters. The van der Waals surface area contributed by atoms with Gasteiger partial charge in [0, 0.05) is 33.9 Å². The molecular weight excluding hydrogens is 392 g/mol. The predicted octanol–water partition coefficient (Wildman–Crippen LogP) is 6.67. The highest BCUT2D eigenvalue weighted by atomic mass is 15.1. The standard InChI is InChI=1S/C28H18N4/c1-3-11-23-19(9-1)21-15-16-22-20-10-2-4-12-24(20)32(26-14-6-8-18-30-26)28(22)27(21)31(23)25-13-5-7-17-29-25/h1-18H.